The van der Waals surface area contributed by atoms with Crippen molar-refractivity contribution < 1.29 is 40.8 Å². The minimum absolute atomic E-state index is 0. The molecule has 5 heteroatoms. The molecule has 0 aliphatic rings. The molecule has 0 saturated heterocycles. The Balaban J connectivity index is 0. The number of unbranched alkanes of at least 4 members (excludes halogenated alkanes) is 22. The largest absolute Gasteiger partial charge is 0.465 e. The van der Waals surface area contributed by atoms with E-state index in [1.54, 1.807) is 0 Å². The van der Waals surface area contributed by atoms with Crippen LogP contribution in [0.4, 0.5) is 0 Å². The van der Waals surface area contributed by atoms with Gasteiger partial charge in [-0.3, -0.25) is 9.59 Å². The molecule has 0 N–H and O–H groups in total. The van der Waals surface area contributed by atoms with Crippen molar-refractivity contribution in [3.63, 3.8) is 0 Å². The average Bonchev–Trinajstić information content (AvgIpc) is 3.08. The molecule has 0 bridgehead atoms. The van der Waals surface area contributed by atoms with Crippen LogP contribution in [0.1, 0.15) is 227 Å². The van der Waals surface area contributed by atoms with Gasteiger partial charge in [0.15, 0.2) is 0 Å². The van der Waals surface area contributed by atoms with Crippen molar-refractivity contribution in [2.75, 3.05) is 6.61 Å². The summed E-state index contributed by atoms with van der Waals surface area (Å²) < 4.78 is 11.6. The van der Waals surface area contributed by atoms with Crippen molar-refractivity contribution in [1.29, 1.82) is 0 Å². The molecule has 0 amide bonds. The Labute approximate surface area is 321 Å². The monoisotopic (exact) mass is 723 g/mol. The van der Waals surface area contributed by atoms with Crippen molar-refractivity contribution >= 4 is 11.9 Å². The Kier molecular flexibility index (Phi) is 42.6. The molecule has 0 saturated carbocycles. The van der Waals surface area contributed by atoms with Gasteiger partial charge in [0, 0.05) is 40.5 Å². The minimum atomic E-state index is -0.164. The number of hydrogen-bond acceptors (Lipinski definition) is 4. The summed E-state index contributed by atoms with van der Waals surface area (Å²) in [6.07, 6.45) is 45.3. The van der Waals surface area contributed by atoms with Crippen LogP contribution in [0.15, 0.2) is 24.3 Å². The number of esters is 2. The van der Waals surface area contributed by atoms with Crippen LogP contribution in [0.2, 0.25) is 0 Å². The zero-order valence-corrected chi connectivity index (χ0v) is 34.8. The third kappa shape index (κ3) is 36.7. The molecular formula is C44H82O4Ti. The number of allylic oxidation sites excluding steroid dienone is 4. The van der Waals surface area contributed by atoms with Crippen molar-refractivity contribution in [3.05, 3.63) is 24.3 Å². The smallest absolute Gasteiger partial charge is 0.306 e. The molecule has 0 aromatic carbocycles. The second-order valence-corrected chi connectivity index (χ2v) is 14.3. The maximum atomic E-state index is 12.6. The van der Waals surface area contributed by atoms with E-state index >= 15 is 0 Å². The Hall–Kier alpha value is -0.866. The van der Waals surface area contributed by atoms with Crippen LogP contribution in [-0.2, 0) is 40.8 Å². The Morgan fingerprint density at radius 2 is 0.837 bits per heavy atom. The maximum absolute atomic E-state index is 12.6. The molecule has 0 aromatic rings. The first-order chi connectivity index (χ1) is 23.6. The topological polar surface area (TPSA) is 52.6 Å². The predicted molar refractivity (Wildman–Crippen MR) is 208 cm³/mol. The molecule has 0 radical (unpaired) electrons. The Bertz CT molecular complexity index is 749. The van der Waals surface area contributed by atoms with Crippen LogP contribution in [0.25, 0.3) is 0 Å². The van der Waals surface area contributed by atoms with Gasteiger partial charge in [0.2, 0.25) is 0 Å². The molecule has 0 aromatic heterocycles. The van der Waals surface area contributed by atoms with E-state index in [-0.39, 0.29) is 45.7 Å². The van der Waals surface area contributed by atoms with Gasteiger partial charge in [-0.1, -0.05) is 161 Å². The van der Waals surface area contributed by atoms with Gasteiger partial charge >= 0.3 is 11.9 Å². The number of rotatable bonds is 37. The number of hydrogen-bond donors (Lipinski definition) is 0. The van der Waals surface area contributed by atoms with Gasteiger partial charge in [0.1, 0.15) is 6.10 Å². The molecule has 0 spiro atoms. The van der Waals surface area contributed by atoms with Gasteiger partial charge in [-0.2, -0.15) is 0 Å². The standard InChI is InChI=1S/C44H82O4.Ti/c1-5-9-11-13-15-17-19-21-23-25-27-29-31-33-35-38-43(45)47-40-41(8-4)42(37-7-3)48-44(46)39-36-34-32-30-28-26-24-22-20-18-16-14-12-10-6-2;/h21-24,41-42H,5-20,25-40H2,1-4H3;/b23-21-,24-22-;. The Morgan fingerprint density at radius 3 is 1.22 bits per heavy atom. The zero-order chi connectivity index (χ0) is 35.2. The second-order valence-electron chi connectivity index (χ2n) is 14.3. The van der Waals surface area contributed by atoms with Gasteiger partial charge in [-0.05, 0) is 77.0 Å². The Morgan fingerprint density at radius 1 is 0.469 bits per heavy atom. The summed E-state index contributed by atoms with van der Waals surface area (Å²) >= 11 is 0. The molecule has 49 heavy (non-hydrogen) atoms. The molecule has 2 unspecified atom stereocenters. The van der Waals surface area contributed by atoms with Crippen LogP contribution >= 0.6 is 0 Å². The molecule has 0 rings (SSSR count). The molecule has 2 atom stereocenters. The van der Waals surface area contributed by atoms with Crippen LogP contribution in [0.5, 0.6) is 0 Å². The fraction of sp³-hybridized carbons (Fsp3) is 0.864. The average molecular weight is 723 g/mol. The molecule has 0 aliphatic heterocycles. The fourth-order valence-corrected chi connectivity index (χ4v) is 6.34. The molecular weight excluding hydrogens is 640 g/mol. The normalized spacial score (nSPS) is 12.7. The van der Waals surface area contributed by atoms with Crippen molar-refractivity contribution in [2.45, 2.75) is 233 Å². The summed E-state index contributed by atoms with van der Waals surface area (Å²) in [4.78, 5) is 25.1. The SMILES string of the molecule is CCCCCCCC/C=C\CCCCCCCC(=O)OCC(CC)C(CCC)OC(=O)CCCCCCC/C=C\CCCCCCCC.[Ti]. The fourth-order valence-electron chi connectivity index (χ4n) is 6.34. The van der Waals surface area contributed by atoms with E-state index in [0.717, 1.165) is 44.9 Å². The van der Waals surface area contributed by atoms with Crippen molar-refractivity contribution in [3.8, 4) is 0 Å². The van der Waals surface area contributed by atoms with Gasteiger partial charge in [-0.25, -0.2) is 0 Å². The van der Waals surface area contributed by atoms with E-state index in [9.17, 15) is 9.59 Å². The summed E-state index contributed by atoms with van der Waals surface area (Å²) in [5.74, 6) is -0.133. The third-order valence-corrected chi connectivity index (χ3v) is 9.65. The predicted octanol–water partition coefficient (Wildman–Crippen LogP) is 14.3. The summed E-state index contributed by atoms with van der Waals surface area (Å²) in [6, 6.07) is 0. The van der Waals surface area contributed by atoms with Gasteiger partial charge in [0.25, 0.3) is 0 Å². The zero-order valence-electron chi connectivity index (χ0n) is 33.2. The summed E-state index contributed by atoms with van der Waals surface area (Å²) in [7, 11) is 0. The van der Waals surface area contributed by atoms with E-state index in [1.165, 1.54) is 141 Å². The molecule has 4 nitrogen and oxygen atoms in total. The molecule has 286 valence electrons. The van der Waals surface area contributed by atoms with Crippen LogP contribution < -0.4 is 0 Å². The van der Waals surface area contributed by atoms with E-state index in [1.807, 2.05) is 0 Å². The van der Waals surface area contributed by atoms with E-state index in [0.29, 0.717) is 19.4 Å². The molecule has 0 heterocycles. The molecule has 0 aliphatic carbocycles. The first kappa shape index (κ1) is 50.2. The maximum Gasteiger partial charge on any atom is 0.306 e. The van der Waals surface area contributed by atoms with Gasteiger partial charge in [0.05, 0.1) is 6.61 Å². The van der Waals surface area contributed by atoms with Crippen molar-refractivity contribution in [2.24, 2.45) is 5.92 Å². The number of carbonyl (C=O) groups excluding carboxylic acids is 2. The summed E-state index contributed by atoms with van der Waals surface area (Å²) in [5, 5.41) is 0. The number of carbonyl (C=O) groups is 2. The van der Waals surface area contributed by atoms with Crippen LogP contribution in [-0.4, -0.2) is 24.6 Å². The molecule has 0 fully saturated rings. The van der Waals surface area contributed by atoms with Crippen LogP contribution in [0.3, 0.4) is 0 Å². The number of ether oxygens (including phenoxy) is 2. The van der Waals surface area contributed by atoms with E-state index in [4.69, 9.17) is 9.47 Å². The van der Waals surface area contributed by atoms with Gasteiger partial charge in [-0.15, -0.1) is 0 Å². The quantitative estimate of drug-likeness (QED) is 0.0277. The summed E-state index contributed by atoms with van der Waals surface area (Å²) in [6.45, 7) is 9.11. The summed E-state index contributed by atoms with van der Waals surface area (Å²) in [5.41, 5.74) is 0. The second kappa shape index (κ2) is 41.6. The van der Waals surface area contributed by atoms with E-state index < -0.39 is 0 Å². The first-order valence-electron chi connectivity index (χ1n) is 21.2. The van der Waals surface area contributed by atoms with E-state index in [2.05, 4.69) is 52.0 Å². The van der Waals surface area contributed by atoms with Gasteiger partial charge < -0.3 is 9.47 Å². The minimum Gasteiger partial charge on any atom is -0.465 e. The first-order valence-corrected chi connectivity index (χ1v) is 21.2. The van der Waals surface area contributed by atoms with Crippen molar-refractivity contribution in [1.82, 2.24) is 0 Å². The third-order valence-electron chi connectivity index (χ3n) is 9.65. The van der Waals surface area contributed by atoms with Crippen LogP contribution in [0, 0.1) is 5.92 Å².